The predicted octanol–water partition coefficient (Wildman–Crippen LogP) is 5.88. The second-order valence-electron chi connectivity index (χ2n) is 5.72. The molecule has 0 radical (unpaired) electrons. The lowest BCUT2D eigenvalue weighted by atomic mass is 10.1. The van der Waals surface area contributed by atoms with Crippen LogP contribution in [-0.2, 0) is 5.75 Å². The van der Waals surface area contributed by atoms with E-state index in [0.29, 0.717) is 11.3 Å². The Balaban J connectivity index is 1.68. The highest BCUT2D eigenvalue weighted by Gasteiger charge is 2.22. The highest BCUT2D eigenvalue weighted by atomic mass is 32.2. The zero-order valence-corrected chi connectivity index (χ0v) is 15.6. The molecule has 0 saturated carbocycles. The number of thiophene rings is 1. The van der Waals surface area contributed by atoms with Crippen LogP contribution in [0.5, 0.6) is 5.75 Å². The fourth-order valence-electron chi connectivity index (χ4n) is 2.71. The van der Waals surface area contributed by atoms with Gasteiger partial charge in [-0.2, -0.15) is 0 Å². The van der Waals surface area contributed by atoms with Crippen molar-refractivity contribution in [3.63, 3.8) is 0 Å². The molecule has 2 heterocycles. The van der Waals surface area contributed by atoms with Crippen molar-refractivity contribution in [1.29, 1.82) is 0 Å². The van der Waals surface area contributed by atoms with E-state index in [9.17, 15) is 14.3 Å². The van der Waals surface area contributed by atoms with E-state index in [1.807, 2.05) is 35.7 Å². The van der Waals surface area contributed by atoms with E-state index in [1.165, 1.54) is 18.2 Å². The maximum Gasteiger partial charge on any atom is 0.291 e. The van der Waals surface area contributed by atoms with E-state index >= 15 is 0 Å². The third-order valence-corrected chi connectivity index (χ3v) is 6.14. The molecule has 0 aliphatic rings. The number of rotatable bonds is 5. The fourth-order valence-corrected chi connectivity index (χ4v) is 4.52. The minimum absolute atomic E-state index is 0.0997. The van der Waals surface area contributed by atoms with Gasteiger partial charge in [-0.1, -0.05) is 30.3 Å². The first kappa shape index (κ1) is 17.6. The molecule has 0 aliphatic heterocycles. The third-order valence-electron chi connectivity index (χ3n) is 3.98. The van der Waals surface area contributed by atoms with E-state index in [0.717, 1.165) is 15.2 Å². The first-order chi connectivity index (χ1) is 13.1. The van der Waals surface area contributed by atoms with Crippen LogP contribution in [0.1, 0.15) is 16.1 Å². The molecule has 27 heavy (non-hydrogen) atoms. The zero-order chi connectivity index (χ0) is 18.8. The van der Waals surface area contributed by atoms with Crippen molar-refractivity contribution in [3.05, 3.63) is 77.1 Å². The van der Waals surface area contributed by atoms with Gasteiger partial charge < -0.3 is 14.8 Å². The van der Waals surface area contributed by atoms with Crippen molar-refractivity contribution in [3.8, 4) is 5.75 Å². The highest BCUT2D eigenvalue weighted by molar-refractivity contribution is 8.00. The molecule has 0 atom stereocenters. The third kappa shape index (κ3) is 3.56. The number of halogens is 1. The second kappa shape index (κ2) is 7.46. The van der Waals surface area contributed by atoms with Gasteiger partial charge in [-0.25, -0.2) is 4.39 Å². The molecule has 0 spiro atoms. The number of nitrogens with one attached hydrogen (secondary N) is 1. The molecule has 0 aliphatic carbocycles. The van der Waals surface area contributed by atoms with Crippen LogP contribution in [0.15, 0.2) is 68.6 Å². The van der Waals surface area contributed by atoms with Crippen LogP contribution in [0.2, 0.25) is 0 Å². The molecule has 7 heteroatoms. The van der Waals surface area contributed by atoms with Crippen LogP contribution in [0.4, 0.5) is 10.1 Å². The van der Waals surface area contributed by atoms with Gasteiger partial charge in [-0.05, 0) is 29.6 Å². The molecule has 2 aromatic heterocycles. The molecule has 0 saturated heterocycles. The normalized spacial score (nSPS) is 11.0. The van der Waals surface area contributed by atoms with Gasteiger partial charge in [0.25, 0.3) is 5.91 Å². The lowest BCUT2D eigenvalue weighted by molar-refractivity contribution is 0.0997. The number of carbonyl (C=O) groups is 1. The summed E-state index contributed by atoms with van der Waals surface area (Å²) in [7, 11) is 0. The van der Waals surface area contributed by atoms with E-state index < -0.39 is 17.5 Å². The number of phenols is 1. The SMILES string of the molecule is O=C(Nc1cccc(O)c1F)c1oc2ccccc2c1CSc1cccs1. The molecule has 0 bridgehead atoms. The standard InChI is InChI=1S/C20H14FNO3S2/c21-18-14(6-3-7-15(18)23)22-20(24)19-13(11-27-17-9-4-10-26-17)12-5-1-2-8-16(12)25-19/h1-10,23H,11H2,(H,22,24). The monoisotopic (exact) mass is 399 g/mol. The van der Waals surface area contributed by atoms with Crippen molar-refractivity contribution in [2.45, 2.75) is 9.96 Å². The number of hydrogen-bond donors (Lipinski definition) is 2. The lowest BCUT2D eigenvalue weighted by Crippen LogP contribution is -2.13. The average molecular weight is 399 g/mol. The summed E-state index contributed by atoms with van der Waals surface area (Å²) < 4.78 is 20.9. The summed E-state index contributed by atoms with van der Waals surface area (Å²) in [4.78, 5) is 12.8. The van der Waals surface area contributed by atoms with Gasteiger partial charge in [0, 0.05) is 16.7 Å². The van der Waals surface area contributed by atoms with Crippen LogP contribution in [-0.4, -0.2) is 11.0 Å². The van der Waals surface area contributed by atoms with E-state index in [1.54, 1.807) is 29.2 Å². The van der Waals surface area contributed by atoms with Crippen LogP contribution in [0.25, 0.3) is 11.0 Å². The Morgan fingerprint density at radius 1 is 1.15 bits per heavy atom. The van der Waals surface area contributed by atoms with Gasteiger partial charge in [0.05, 0.1) is 9.90 Å². The minimum Gasteiger partial charge on any atom is -0.505 e. The summed E-state index contributed by atoms with van der Waals surface area (Å²) in [6.07, 6.45) is 0. The molecular weight excluding hydrogens is 385 g/mol. The van der Waals surface area contributed by atoms with Crippen molar-refractivity contribution in [2.24, 2.45) is 0 Å². The summed E-state index contributed by atoms with van der Waals surface area (Å²) in [5.74, 6) is -1.27. The second-order valence-corrected chi connectivity index (χ2v) is 7.94. The number of hydrogen-bond acceptors (Lipinski definition) is 5. The number of fused-ring (bicyclic) bond motifs is 1. The van der Waals surface area contributed by atoms with Crippen molar-refractivity contribution >= 4 is 45.7 Å². The van der Waals surface area contributed by atoms with Crippen LogP contribution < -0.4 is 5.32 Å². The van der Waals surface area contributed by atoms with E-state index in [2.05, 4.69) is 5.32 Å². The zero-order valence-electron chi connectivity index (χ0n) is 13.9. The molecule has 2 N–H and O–H groups in total. The number of thioether (sulfide) groups is 1. The number of amides is 1. The van der Waals surface area contributed by atoms with Gasteiger partial charge in [0.2, 0.25) is 0 Å². The first-order valence-corrected chi connectivity index (χ1v) is 9.95. The predicted molar refractivity (Wildman–Crippen MR) is 106 cm³/mol. The van der Waals surface area contributed by atoms with E-state index in [-0.39, 0.29) is 11.4 Å². The molecular formula is C20H14FNO3S2. The van der Waals surface area contributed by atoms with Crippen molar-refractivity contribution < 1.29 is 18.7 Å². The summed E-state index contributed by atoms with van der Waals surface area (Å²) in [5.41, 5.74) is 1.25. The molecule has 0 fully saturated rings. The molecule has 4 aromatic rings. The van der Waals surface area contributed by atoms with Crippen molar-refractivity contribution in [1.82, 2.24) is 0 Å². The molecule has 136 valence electrons. The molecule has 1 amide bonds. The summed E-state index contributed by atoms with van der Waals surface area (Å²) >= 11 is 3.23. The Bertz CT molecular complexity index is 1110. The first-order valence-electron chi connectivity index (χ1n) is 8.09. The largest absolute Gasteiger partial charge is 0.505 e. The Morgan fingerprint density at radius 2 is 2.00 bits per heavy atom. The quantitative estimate of drug-likeness (QED) is 0.411. The number of aromatic hydroxyl groups is 1. The topological polar surface area (TPSA) is 62.5 Å². The summed E-state index contributed by atoms with van der Waals surface area (Å²) in [6.45, 7) is 0. The van der Waals surface area contributed by atoms with Crippen LogP contribution in [0, 0.1) is 5.82 Å². The Labute approximate surface area is 162 Å². The number of phenolic OH excluding ortho intramolecular Hbond substituents is 1. The average Bonchev–Trinajstić information content (AvgIpc) is 3.31. The summed E-state index contributed by atoms with van der Waals surface area (Å²) in [6, 6.07) is 15.4. The number of carbonyl (C=O) groups excluding carboxylic acids is 1. The Kier molecular flexibility index (Phi) is 4.87. The van der Waals surface area contributed by atoms with Gasteiger partial charge in [-0.3, -0.25) is 4.79 Å². The Hall–Kier alpha value is -2.77. The molecule has 4 nitrogen and oxygen atoms in total. The molecule has 2 aromatic carbocycles. The molecule has 4 rings (SSSR count). The lowest BCUT2D eigenvalue weighted by Gasteiger charge is -2.07. The number of anilines is 1. The van der Waals surface area contributed by atoms with Gasteiger partial charge >= 0.3 is 0 Å². The van der Waals surface area contributed by atoms with Crippen molar-refractivity contribution in [2.75, 3.05) is 5.32 Å². The maximum atomic E-state index is 14.0. The number of furan rings is 1. The molecule has 0 unspecified atom stereocenters. The van der Waals surface area contributed by atoms with Gasteiger partial charge in [0.1, 0.15) is 5.58 Å². The fraction of sp³-hybridized carbons (Fsp3) is 0.0500. The smallest absolute Gasteiger partial charge is 0.291 e. The van der Waals surface area contributed by atoms with Gasteiger partial charge in [-0.15, -0.1) is 23.1 Å². The minimum atomic E-state index is -0.878. The number of para-hydroxylation sites is 1. The van der Waals surface area contributed by atoms with Gasteiger partial charge in [0.15, 0.2) is 17.3 Å². The Morgan fingerprint density at radius 3 is 2.81 bits per heavy atom. The maximum absolute atomic E-state index is 14.0. The number of benzene rings is 2. The summed E-state index contributed by atoms with van der Waals surface area (Å²) in [5, 5.41) is 14.8. The van der Waals surface area contributed by atoms with E-state index in [4.69, 9.17) is 4.42 Å². The van der Waals surface area contributed by atoms with Crippen LogP contribution >= 0.6 is 23.1 Å². The van der Waals surface area contributed by atoms with Crippen LogP contribution in [0.3, 0.4) is 0 Å². The highest BCUT2D eigenvalue weighted by Crippen LogP contribution is 2.34.